The predicted molar refractivity (Wildman–Crippen MR) is 97.7 cm³/mol. The van der Waals surface area contributed by atoms with E-state index in [0.29, 0.717) is 17.9 Å². The SMILES string of the molecule is COc1cccc(C(=O)N(Cc2ccc3c(c2)OCO3)C2CCCC2)c1. The topological polar surface area (TPSA) is 48.0 Å². The van der Waals surface area contributed by atoms with E-state index in [1.165, 1.54) is 12.8 Å². The van der Waals surface area contributed by atoms with Crippen molar-refractivity contribution in [2.24, 2.45) is 0 Å². The van der Waals surface area contributed by atoms with E-state index >= 15 is 0 Å². The molecule has 0 aromatic heterocycles. The van der Waals surface area contributed by atoms with Crippen LogP contribution in [0.2, 0.25) is 0 Å². The number of rotatable bonds is 5. The summed E-state index contributed by atoms with van der Waals surface area (Å²) in [6.07, 6.45) is 4.46. The molecule has 4 rings (SSSR count). The van der Waals surface area contributed by atoms with E-state index in [1.807, 2.05) is 47.4 Å². The van der Waals surface area contributed by atoms with Gasteiger partial charge < -0.3 is 19.1 Å². The van der Waals surface area contributed by atoms with Crippen molar-refractivity contribution in [3.63, 3.8) is 0 Å². The van der Waals surface area contributed by atoms with E-state index in [-0.39, 0.29) is 18.7 Å². The largest absolute Gasteiger partial charge is 0.497 e. The van der Waals surface area contributed by atoms with E-state index in [9.17, 15) is 4.79 Å². The molecule has 0 saturated heterocycles. The van der Waals surface area contributed by atoms with Gasteiger partial charge in [-0.25, -0.2) is 0 Å². The molecule has 2 aromatic carbocycles. The summed E-state index contributed by atoms with van der Waals surface area (Å²) < 4.78 is 16.1. The maximum Gasteiger partial charge on any atom is 0.254 e. The molecule has 26 heavy (non-hydrogen) atoms. The van der Waals surface area contributed by atoms with Gasteiger partial charge in [-0.05, 0) is 48.7 Å². The molecule has 1 aliphatic carbocycles. The Kier molecular flexibility index (Phi) is 4.69. The Bertz CT molecular complexity index is 798. The lowest BCUT2D eigenvalue weighted by molar-refractivity contribution is 0.0664. The van der Waals surface area contributed by atoms with Crippen LogP contribution in [0.3, 0.4) is 0 Å². The summed E-state index contributed by atoms with van der Waals surface area (Å²) in [4.78, 5) is 15.3. The number of nitrogens with zero attached hydrogens (tertiary/aromatic N) is 1. The Morgan fingerprint density at radius 1 is 1.12 bits per heavy atom. The highest BCUT2D eigenvalue weighted by molar-refractivity contribution is 5.94. The average molecular weight is 353 g/mol. The molecule has 5 nitrogen and oxygen atoms in total. The third kappa shape index (κ3) is 3.34. The van der Waals surface area contributed by atoms with Crippen LogP contribution in [0.5, 0.6) is 17.2 Å². The molecule has 1 amide bonds. The van der Waals surface area contributed by atoms with Gasteiger partial charge in [-0.1, -0.05) is 25.0 Å². The highest BCUT2D eigenvalue weighted by Crippen LogP contribution is 2.34. The van der Waals surface area contributed by atoms with E-state index in [0.717, 1.165) is 29.9 Å². The van der Waals surface area contributed by atoms with Crippen LogP contribution in [-0.4, -0.2) is 30.8 Å². The number of fused-ring (bicyclic) bond motifs is 1. The van der Waals surface area contributed by atoms with Gasteiger partial charge in [0.25, 0.3) is 5.91 Å². The molecule has 1 saturated carbocycles. The number of ether oxygens (including phenoxy) is 3. The Hall–Kier alpha value is -2.69. The first-order valence-electron chi connectivity index (χ1n) is 9.08. The second-order valence-corrected chi connectivity index (χ2v) is 6.79. The van der Waals surface area contributed by atoms with Crippen LogP contribution in [0, 0.1) is 0 Å². The third-order valence-corrected chi connectivity index (χ3v) is 5.13. The number of methoxy groups -OCH3 is 1. The van der Waals surface area contributed by atoms with Crippen molar-refractivity contribution < 1.29 is 19.0 Å². The highest BCUT2D eigenvalue weighted by Gasteiger charge is 2.28. The van der Waals surface area contributed by atoms with Crippen molar-refractivity contribution >= 4 is 5.91 Å². The summed E-state index contributed by atoms with van der Waals surface area (Å²) in [6.45, 7) is 0.825. The first-order valence-corrected chi connectivity index (χ1v) is 9.08. The maximum absolute atomic E-state index is 13.3. The van der Waals surface area contributed by atoms with Gasteiger partial charge in [-0.2, -0.15) is 0 Å². The lowest BCUT2D eigenvalue weighted by atomic mass is 10.1. The van der Waals surface area contributed by atoms with Gasteiger partial charge in [0.05, 0.1) is 7.11 Å². The summed E-state index contributed by atoms with van der Waals surface area (Å²) >= 11 is 0. The van der Waals surface area contributed by atoms with Gasteiger partial charge in [0, 0.05) is 18.2 Å². The second kappa shape index (κ2) is 7.28. The fraction of sp³-hybridized carbons (Fsp3) is 0.381. The van der Waals surface area contributed by atoms with Crippen molar-refractivity contribution in [3.8, 4) is 17.2 Å². The minimum absolute atomic E-state index is 0.0495. The zero-order chi connectivity index (χ0) is 17.9. The number of carbonyl (C=O) groups is 1. The molecule has 0 radical (unpaired) electrons. The molecular formula is C21H23NO4. The molecule has 0 atom stereocenters. The lowest BCUT2D eigenvalue weighted by Crippen LogP contribution is -2.38. The molecule has 1 fully saturated rings. The number of carbonyl (C=O) groups excluding carboxylic acids is 1. The first kappa shape index (κ1) is 16.8. The third-order valence-electron chi connectivity index (χ3n) is 5.13. The summed E-state index contributed by atoms with van der Waals surface area (Å²) in [6, 6.07) is 13.6. The quantitative estimate of drug-likeness (QED) is 0.815. The van der Waals surface area contributed by atoms with Crippen LogP contribution in [0.25, 0.3) is 0 Å². The maximum atomic E-state index is 13.3. The Labute approximate surface area is 153 Å². The second-order valence-electron chi connectivity index (χ2n) is 6.79. The van der Waals surface area contributed by atoms with Crippen LogP contribution in [0.15, 0.2) is 42.5 Å². The molecular weight excluding hydrogens is 330 g/mol. The van der Waals surface area contributed by atoms with Crippen LogP contribution in [0.4, 0.5) is 0 Å². The van der Waals surface area contributed by atoms with Crippen molar-refractivity contribution in [1.82, 2.24) is 4.90 Å². The Morgan fingerprint density at radius 2 is 1.92 bits per heavy atom. The molecule has 0 spiro atoms. The molecule has 0 N–H and O–H groups in total. The minimum Gasteiger partial charge on any atom is -0.497 e. The zero-order valence-corrected chi connectivity index (χ0v) is 14.9. The normalized spacial score (nSPS) is 15.9. The van der Waals surface area contributed by atoms with E-state index < -0.39 is 0 Å². The van der Waals surface area contributed by atoms with Gasteiger partial charge >= 0.3 is 0 Å². The van der Waals surface area contributed by atoms with Crippen molar-refractivity contribution in [2.45, 2.75) is 38.3 Å². The van der Waals surface area contributed by atoms with Crippen molar-refractivity contribution in [2.75, 3.05) is 13.9 Å². The molecule has 136 valence electrons. The van der Waals surface area contributed by atoms with Gasteiger partial charge in [-0.3, -0.25) is 4.79 Å². The van der Waals surface area contributed by atoms with Crippen LogP contribution < -0.4 is 14.2 Å². The zero-order valence-electron chi connectivity index (χ0n) is 14.9. The molecule has 0 bridgehead atoms. The average Bonchev–Trinajstić information content (AvgIpc) is 3.37. The van der Waals surface area contributed by atoms with Crippen LogP contribution >= 0.6 is 0 Å². The summed E-state index contributed by atoms with van der Waals surface area (Å²) in [5.41, 5.74) is 1.72. The summed E-state index contributed by atoms with van der Waals surface area (Å²) in [5.74, 6) is 2.27. The standard InChI is InChI=1S/C21H23NO4/c1-24-18-8-4-5-16(12-18)21(23)22(17-6-2-3-7-17)13-15-9-10-19-20(11-15)26-14-25-19/h4-5,8-12,17H,2-3,6-7,13-14H2,1H3. The van der Waals surface area contributed by atoms with Gasteiger partial charge in [0.2, 0.25) is 6.79 Å². The van der Waals surface area contributed by atoms with Crippen LogP contribution in [-0.2, 0) is 6.54 Å². The summed E-state index contributed by atoms with van der Waals surface area (Å²) in [7, 11) is 1.62. The molecule has 1 heterocycles. The van der Waals surface area contributed by atoms with E-state index in [1.54, 1.807) is 7.11 Å². The molecule has 5 heteroatoms. The summed E-state index contributed by atoms with van der Waals surface area (Å²) in [5, 5.41) is 0. The molecule has 2 aliphatic rings. The molecule has 2 aromatic rings. The Morgan fingerprint density at radius 3 is 2.73 bits per heavy atom. The monoisotopic (exact) mass is 353 g/mol. The lowest BCUT2D eigenvalue weighted by Gasteiger charge is -2.29. The fourth-order valence-corrected chi connectivity index (χ4v) is 3.74. The molecule has 1 aliphatic heterocycles. The highest BCUT2D eigenvalue weighted by atomic mass is 16.7. The van der Waals surface area contributed by atoms with E-state index in [2.05, 4.69) is 0 Å². The van der Waals surface area contributed by atoms with Crippen molar-refractivity contribution in [3.05, 3.63) is 53.6 Å². The number of amides is 1. The smallest absolute Gasteiger partial charge is 0.254 e. The Balaban J connectivity index is 1.60. The van der Waals surface area contributed by atoms with Gasteiger partial charge in [-0.15, -0.1) is 0 Å². The number of hydrogen-bond donors (Lipinski definition) is 0. The predicted octanol–water partition coefficient (Wildman–Crippen LogP) is 4.01. The molecule has 0 unspecified atom stereocenters. The van der Waals surface area contributed by atoms with Crippen LogP contribution in [0.1, 0.15) is 41.6 Å². The number of hydrogen-bond acceptors (Lipinski definition) is 4. The van der Waals surface area contributed by atoms with Gasteiger partial charge in [0.1, 0.15) is 5.75 Å². The van der Waals surface area contributed by atoms with Crippen molar-refractivity contribution in [1.29, 1.82) is 0 Å². The fourth-order valence-electron chi connectivity index (χ4n) is 3.74. The van der Waals surface area contributed by atoms with Gasteiger partial charge in [0.15, 0.2) is 11.5 Å². The minimum atomic E-state index is 0.0495. The first-order chi connectivity index (χ1) is 12.7. The van der Waals surface area contributed by atoms with E-state index in [4.69, 9.17) is 14.2 Å². The number of benzene rings is 2.